The second-order valence-electron chi connectivity index (χ2n) is 7.60. The fourth-order valence-corrected chi connectivity index (χ4v) is 3.77. The van der Waals surface area contributed by atoms with Crippen LogP contribution in [0, 0.1) is 0 Å². The molecule has 9 nitrogen and oxygen atoms in total. The first kappa shape index (κ1) is 23.0. The molecule has 1 amide bonds. The second kappa shape index (κ2) is 10.7. The maximum atomic E-state index is 12.7. The molecule has 3 heterocycles. The predicted octanol–water partition coefficient (Wildman–Crippen LogP) is 2.93. The molecule has 176 valence electrons. The van der Waals surface area contributed by atoms with Gasteiger partial charge in [0.1, 0.15) is 5.69 Å². The van der Waals surface area contributed by atoms with E-state index in [0.717, 1.165) is 22.8 Å². The zero-order valence-corrected chi connectivity index (χ0v) is 19.5. The fraction of sp³-hybridized carbons (Fsp3) is 0.280. The first-order valence-electron chi connectivity index (χ1n) is 10.9. The molecule has 3 aromatic rings. The van der Waals surface area contributed by atoms with Crippen LogP contribution in [0.15, 0.2) is 54.7 Å². The third kappa shape index (κ3) is 5.09. The summed E-state index contributed by atoms with van der Waals surface area (Å²) in [6.07, 6.45) is 5.05. The minimum absolute atomic E-state index is 0.0509. The van der Waals surface area contributed by atoms with E-state index in [-0.39, 0.29) is 5.91 Å². The van der Waals surface area contributed by atoms with Crippen molar-refractivity contribution >= 4 is 17.8 Å². The quantitative estimate of drug-likeness (QED) is 0.496. The third-order valence-corrected chi connectivity index (χ3v) is 5.60. The Morgan fingerprint density at radius 2 is 1.62 bits per heavy atom. The van der Waals surface area contributed by atoms with Crippen molar-refractivity contribution in [3.8, 4) is 28.6 Å². The van der Waals surface area contributed by atoms with Gasteiger partial charge >= 0.3 is 0 Å². The predicted molar refractivity (Wildman–Crippen MR) is 129 cm³/mol. The summed E-state index contributed by atoms with van der Waals surface area (Å²) in [5, 5.41) is 8.66. The zero-order valence-electron chi connectivity index (χ0n) is 19.5. The topological polar surface area (TPSA) is 89.9 Å². The normalized spacial score (nSPS) is 13.7. The molecule has 0 N–H and O–H groups in total. The van der Waals surface area contributed by atoms with Crippen LogP contribution in [0.25, 0.3) is 17.5 Å². The van der Waals surface area contributed by atoms with Crippen LogP contribution in [0.2, 0.25) is 0 Å². The van der Waals surface area contributed by atoms with Crippen LogP contribution in [-0.2, 0) is 4.79 Å². The molecule has 0 saturated carbocycles. The summed E-state index contributed by atoms with van der Waals surface area (Å²) < 4.78 is 16.1. The Hall–Kier alpha value is -4.14. The van der Waals surface area contributed by atoms with Crippen molar-refractivity contribution in [3.63, 3.8) is 0 Å². The van der Waals surface area contributed by atoms with Gasteiger partial charge in [0.05, 0.1) is 27.0 Å². The standard InChI is InChI=1S/C25H27N5O4/c1-32-21-16-18(17-22(33-2)25(21)34-3)7-10-24(31)30-14-12-29(13-15-30)23-9-8-20(27-28-23)19-6-4-5-11-26-19/h4-11,16-17H,12-15H2,1-3H3/b10-7+. The molecule has 0 spiro atoms. The lowest BCUT2D eigenvalue weighted by molar-refractivity contribution is -0.126. The van der Waals surface area contributed by atoms with Gasteiger partial charge < -0.3 is 24.0 Å². The van der Waals surface area contributed by atoms with Crippen LogP contribution in [0.4, 0.5) is 5.82 Å². The van der Waals surface area contributed by atoms with Crippen molar-refractivity contribution in [2.75, 3.05) is 52.4 Å². The number of benzene rings is 1. The molecule has 1 aliphatic rings. The lowest BCUT2D eigenvalue weighted by Gasteiger charge is -2.34. The Balaban J connectivity index is 1.36. The van der Waals surface area contributed by atoms with E-state index in [9.17, 15) is 4.79 Å². The average molecular weight is 462 g/mol. The highest BCUT2D eigenvalue weighted by Gasteiger charge is 2.21. The number of amides is 1. The van der Waals surface area contributed by atoms with Crippen LogP contribution >= 0.6 is 0 Å². The Kier molecular flexibility index (Phi) is 7.22. The van der Waals surface area contributed by atoms with Crippen LogP contribution in [0.3, 0.4) is 0 Å². The third-order valence-electron chi connectivity index (χ3n) is 5.60. The van der Waals surface area contributed by atoms with Crippen molar-refractivity contribution in [2.24, 2.45) is 0 Å². The van der Waals surface area contributed by atoms with Crippen molar-refractivity contribution in [2.45, 2.75) is 0 Å². The van der Waals surface area contributed by atoms with Crippen molar-refractivity contribution in [1.82, 2.24) is 20.1 Å². The van der Waals surface area contributed by atoms with Gasteiger partial charge in [-0.1, -0.05) is 6.07 Å². The molecule has 0 bridgehead atoms. The summed E-state index contributed by atoms with van der Waals surface area (Å²) in [4.78, 5) is 21.0. The molecule has 0 atom stereocenters. The molecule has 9 heteroatoms. The van der Waals surface area contributed by atoms with Gasteiger partial charge in [-0.2, -0.15) is 0 Å². The molecule has 34 heavy (non-hydrogen) atoms. The minimum Gasteiger partial charge on any atom is -0.493 e. The lowest BCUT2D eigenvalue weighted by atomic mass is 10.1. The maximum Gasteiger partial charge on any atom is 0.246 e. The number of ether oxygens (including phenoxy) is 3. The molecule has 0 radical (unpaired) electrons. The summed E-state index contributed by atoms with van der Waals surface area (Å²) in [5.41, 5.74) is 2.30. The molecular weight excluding hydrogens is 434 g/mol. The number of piperazine rings is 1. The van der Waals surface area contributed by atoms with E-state index in [1.54, 1.807) is 51.8 Å². The van der Waals surface area contributed by atoms with Crippen LogP contribution in [-0.4, -0.2) is 73.5 Å². The van der Waals surface area contributed by atoms with Crippen molar-refractivity contribution < 1.29 is 19.0 Å². The molecule has 1 aliphatic heterocycles. The minimum atomic E-state index is -0.0509. The first-order valence-corrected chi connectivity index (χ1v) is 10.9. The SMILES string of the molecule is COc1cc(/C=C/C(=O)N2CCN(c3ccc(-c4ccccn4)nn3)CC2)cc(OC)c1OC. The number of carbonyl (C=O) groups excluding carboxylic acids is 1. The number of aromatic nitrogens is 3. The van der Waals surface area contributed by atoms with E-state index in [2.05, 4.69) is 20.1 Å². The van der Waals surface area contributed by atoms with Gasteiger partial charge in [0.25, 0.3) is 0 Å². The van der Waals surface area contributed by atoms with Gasteiger partial charge in [0, 0.05) is 38.5 Å². The number of nitrogens with zero attached hydrogens (tertiary/aromatic N) is 5. The molecule has 2 aromatic heterocycles. The monoisotopic (exact) mass is 461 g/mol. The second-order valence-corrected chi connectivity index (χ2v) is 7.60. The van der Waals surface area contributed by atoms with E-state index < -0.39 is 0 Å². The average Bonchev–Trinajstić information content (AvgIpc) is 2.91. The number of pyridine rings is 1. The summed E-state index contributed by atoms with van der Waals surface area (Å²) in [6, 6.07) is 13.2. The van der Waals surface area contributed by atoms with Crippen LogP contribution in [0.1, 0.15) is 5.56 Å². The Bertz CT molecular complexity index is 1120. The molecule has 1 saturated heterocycles. The number of hydrogen-bond acceptors (Lipinski definition) is 8. The molecule has 1 aromatic carbocycles. The molecular formula is C25H27N5O4. The van der Waals surface area contributed by atoms with E-state index in [1.807, 2.05) is 35.2 Å². The Morgan fingerprint density at radius 3 is 2.18 bits per heavy atom. The summed E-state index contributed by atoms with van der Waals surface area (Å²) in [6.45, 7) is 2.56. The lowest BCUT2D eigenvalue weighted by Crippen LogP contribution is -2.48. The Morgan fingerprint density at radius 1 is 0.882 bits per heavy atom. The zero-order chi connectivity index (χ0) is 23.9. The van der Waals surface area contributed by atoms with Gasteiger partial charge in [-0.05, 0) is 48.0 Å². The highest BCUT2D eigenvalue weighted by molar-refractivity contribution is 5.92. The van der Waals surface area contributed by atoms with Gasteiger partial charge in [-0.25, -0.2) is 0 Å². The van der Waals surface area contributed by atoms with Crippen LogP contribution < -0.4 is 19.1 Å². The van der Waals surface area contributed by atoms with Gasteiger partial charge in [-0.3, -0.25) is 9.78 Å². The number of rotatable bonds is 7. The maximum absolute atomic E-state index is 12.7. The number of hydrogen-bond donors (Lipinski definition) is 0. The molecule has 0 aliphatic carbocycles. The smallest absolute Gasteiger partial charge is 0.246 e. The van der Waals surface area contributed by atoms with E-state index in [4.69, 9.17) is 14.2 Å². The van der Waals surface area contributed by atoms with E-state index >= 15 is 0 Å². The highest BCUT2D eigenvalue weighted by Crippen LogP contribution is 2.38. The van der Waals surface area contributed by atoms with Gasteiger partial charge in [0.15, 0.2) is 17.3 Å². The fourth-order valence-electron chi connectivity index (χ4n) is 3.77. The number of carbonyl (C=O) groups is 1. The van der Waals surface area contributed by atoms with E-state index in [1.165, 1.54) is 0 Å². The largest absolute Gasteiger partial charge is 0.493 e. The van der Waals surface area contributed by atoms with Gasteiger partial charge in [0.2, 0.25) is 11.7 Å². The van der Waals surface area contributed by atoms with Crippen molar-refractivity contribution in [3.05, 3.63) is 60.3 Å². The number of anilines is 1. The van der Waals surface area contributed by atoms with E-state index in [0.29, 0.717) is 43.4 Å². The molecule has 1 fully saturated rings. The number of methoxy groups -OCH3 is 3. The Labute approximate surface area is 198 Å². The summed E-state index contributed by atoms with van der Waals surface area (Å²) in [5.74, 6) is 2.33. The first-order chi connectivity index (χ1) is 16.6. The van der Waals surface area contributed by atoms with Gasteiger partial charge in [-0.15, -0.1) is 10.2 Å². The summed E-state index contributed by atoms with van der Waals surface area (Å²) >= 11 is 0. The molecule has 0 unspecified atom stereocenters. The van der Waals surface area contributed by atoms with Crippen LogP contribution in [0.5, 0.6) is 17.2 Å². The highest BCUT2D eigenvalue weighted by atomic mass is 16.5. The summed E-state index contributed by atoms with van der Waals surface area (Å²) in [7, 11) is 4.68. The molecule has 4 rings (SSSR count). The van der Waals surface area contributed by atoms with Crippen molar-refractivity contribution in [1.29, 1.82) is 0 Å².